The maximum Gasteiger partial charge on any atom is 0.169 e. The lowest BCUT2D eigenvalue weighted by Gasteiger charge is -2.37. The first-order valence-corrected chi connectivity index (χ1v) is 10.4. The number of hydrogen-bond acceptors (Lipinski definition) is 5. The van der Waals surface area contributed by atoms with Gasteiger partial charge in [0.2, 0.25) is 0 Å². The van der Waals surface area contributed by atoms with Crippen molar-refractivity contribution in [3.05, 3.63) is 28.2 Å². The van der Waals surface area contributed by atoms with Gasteiger partial charge in [0.25, 0.3) is 0 Å². The zero-order valence-corrected chi connectivity index (χ0v) is 14.6. The van der Waals surface area contributed by atoms with Crippen molar-refractivity contribution in [2.24, 2.45) is 5.73 Å². The van der Waals surface area contributed by atoms with Gasteiger partial charge in [-0.3, -0.25) is 0 Å². The average Bonchev–Trinajstić information content (AvgIpc) is 2.38. The van der Waals surface area contributed by atoms with Crippen LogP contribution in [0.3, 0.4) is 0 Å². The Bertz CT molecular complexity index is 578. The molecule has 1 unspecified atom stereocenters. The van der Waals surface area contributed by atoms with E-state index in [4.69, 9.17) is 5.73 Å². The van der Waals surface area contributed by atoms with Crippen LogP contribution in [0.5, 0.6) is 0 Å². The second-order valence-corrected chi connectivity index (χ2v) is 9.13. The van der Waals surface area contributed by atoms with E-state index in [1.54, 1.807) is 11.8 Å². The van der Waals surface area contributed by atoms with Gasteiger partial charge in [-0.2, -0.15) is 11.8 Å². The fourth-order valence-electron chi connectivity index (χ4n) is 2.40. The van der Waals surface area contributed by atoms with Crippen molar-refractivity contribution < 1.29 is 8.42 Å². The number of anilines is 1. The molecule has 1 aromatic carbocycles. The SMILES string of the molecule is CS(=O)(=O)C1CSCCN1c1ccc(Br)cc1CCN. The van der Waals surface area contributed by atoms with Gasteiger partial charge < -0.3 is 10.6 Å². The van der Waals surface area contributed by atoms with Crippen LogP contribution in [0.15, 0.2) is 22.7 Å². The molecule has 2 rings (SSSR count). The molecule has 1 atom stereocenters. The summed E-state index contributed by atoms with van der Waals surface area (Å²) in [6.45, 7) is 1.30. The lowest BCUT2D eigenvalue weighted by atomic mass is 10.1. The van der Waals surface area contributed by atoms with Crippen LogP contribution in [0.4, 0.5) is 5.69 Å². The minimum Gasteiger partial charge on any atom is -0.353 e. The Morgan fingerprint density at radius 2 is 2.25 bits per heavy atom. The normalized spacial score (nSPS) is 20.1. The van der Waals surface area contributed by atoms with Crippen LogP contribution < -0.4 is 10.6 Å². The number of thioether (sulfide) groups is 1. The molecule has 0 saturated carbocycles. The van der Waals surface area contributed by atoms with Gasteiger partial charge >= 0.3 is 0 Å². The zero-order chi connectivity index (χ0) is 14.8. The number of hydrogen-bond donors (Lipinski definition) is 1. The van der Waals surface area contributed by atoms with E-state index < -0.39 is 15.2 Å². The zero-order valence-electron chi connectivity index (χ0n) is 11.4. The van der Waals surface area contributed by atoms with Gasteiger partial charge in [0.1, 0.15) is 5.37 Å². The highest BCUT2D eigenvalue weighted by atomic mass is 79.9. The summed E-state index contributed by atoms with van der Waals surface area (Å²) in [6, 6.07) is 5.98. The molecule has 1 aromatic rings. The second-order valence-electron chi connectivity index (χ2n) is 4.86. The van der Waals surface area contributed by atoms with E-state index in [-0.39, 0.29) is 0 Å². The quantitative estimate of drug-likeness (QED) is 0.866. The maximum atomic E-state index is 12.0. The first kappa shape index (κ1) is 16.1. The van der Waals surface area contributed by atoms with Gasteiger partial charge in [-0.25, -0.2) is 8.42 Å². The predicted octanol–water partition coefficient (Wildman–Crippen LogP) is 1.87. The molecular formula is C13H19BrN2O2S2. The van der Waals surface area contributed by atoms with Crippen LogP contribution in [-0.2, 0) is 16.3 Å². The van der Waals surface area contributed by atoms with Crippen molar-refractivity contribution in [2.45, 2.75) is 11.8 Å². The van der Waals surface area contributed by atoms with Gasteiger partial charge in [-0.1, -0.05) is 15.9 Å². The molecule has 0 radical (unpaired) electrons. The number of benzene rings is 1. The lowest BCUT2D eigenvalue weighted by Crippen LogP contribution is -2.47. The number of sulfone groups is 1. The van der Waals surface area contributed by atoms with Crippen LogP contribution in [0.1, 0.15) is 5.56 Å². The molecule has 1 saturated heterocycles. The third-order valence-electron chi connectivity index (χ3n) is 3.34. The summed E-state index contributed by atoms with van der Waals surface area (Å²) in [5.74, 6) is 1.57. The van der Waals surface area contributed by atoms with Gasteiger partial charge in [0.15, 0.2) is 9.84 Å². The summed E-state index contributed by atoms with van der Waals surface area (Å²) in [5.41, 5.74) is 7.77. The van der Waals surface area contributed by atoms with Crippen molar-refractivity contribution >= 4 is 43.2 Å². The van der Waals surface area contributed by atoms with Gasteiger partial charge in [0.05, 0.1) is 0 Å². The summed E-state index contributed by atoms with van der Waals surface area (Å²) >= 11 is 5.16. The predicted molar refractivity (Wildman–Crippen MR) is 90.2 cm³/mol. The summed E-state index contributed by atoms with van der Waals surface area (Å²) < 4.78 is 25.0. The van der Waals surface area contributed by atoms with Crippen molar-refractivity contribution in [3.8, 4) is 0 Å². The molecule has 112 valence electrons. The molecule has 1 fully saturated rings. The average molecular weight is 379 g/mol. The Morgan fingerprint density at radius 3 is 2.90 bits per heavy atom. The number of nitrogens with zero attached hydrogens (tertiary/aromatic N) is 1. The summed E-state index contributed by atoms with van der Waals surface area (Å²) in [5, 5.41) is -0.445. The van der Waals surface area contributed by atoms with Crippen LogP contribution in [0.25, 0.3) is 0 Å². The largest absolute Gasteiger partial charge is 0.353 e. The Hall–Kier alpha value is -0.240. The first-order chi connectivity index (χ1) is 9.43. The summed E-state index contributed by atoms with van der Waals surface area (Å²) in [6.07, 6.45) is 2.06. The van der Waals surface area contributed by atoms with Crippen molar-refractivity contribution in [1.29, 1.82) is 0 Å². The summed E-state index contributed by atoms with van der Waals surface area (Å²) in [7, 11) is -3.10. The van der Waals surface area contributed by atoms with E-state index in [1.807, 2.05) is 23.1 Å². The minimum atomic E-state index is -3.10. The van der Waals surface area contributed by atoms with Gasteiger partial charge in [0, 0.05) is 34.5 Å². The molecule has 0 amide bonds. The highest BCUT2D eigenvalue weighted by Crippen LogP contribution is 2.31. The third-order valence-corrected chi connectivity index (χ3v) is 6.48. The Labute approximate surface area is 133 Å². The van der Waals surface area contributed by atoms with Gasteiger partial charge in [-0.05, 0) is 36.7 Å². The van der Waals surface area contributed by atoms with E-state index in [0.717, 1.165) is 34.4 Å². The van der Waals surface area contributed by atoms with E-state index in [9.17, 15) is 8.42 Å². The molecule has 0 aromatic heterocycles. The fourth-order valence-corrected chi connectivity index (χ4v) is 5.64. The molecule has 0 spiro atoms. The van der Waals surface area contributed by atoms with Crippen LogP contribution in [-0.4, -0.2) is 44.6 Å². The molecule has 1 aliphatic rings. The second kappa shape index (κ2) is 6.68. The molecule has 4 nitrogen and oxygen atoms in total. The van der Waals surface area contributed by atoms with E-state index in [0.29, 0.717) is 12.3 Å². The maximum absolute atomic E-state index is 12.0. The van der Waals surface area contributed by atoms with E-state index in [2.05, 4.69) is 15.9 Å². The number of rotatable bonds is 4. The Kier molecular flexibility index (Phi) is 5.39. The van der Waals surface area contributed by atoms with Crippen molar-refractivity contribution in [3.63, 3.8) is 0 Å². The van der Waals surface area contributed by atoms with Crippen LogP contribution in [0, 0.1) is 0 Å². The monoisotopic (exact) mass is 378 g/mol. The molecule has 7 heteroatoms. The topological polar surface area (TPSA) is 63.4 Å². The number of nitrogens with two attached hydrogens (primary N) is 1. The smallest absolute Gasteiger partial charge is 0.169 e. The minimum absolute atomic E-state index is 0.445. The molecule has 20 heavy (non-hydrogen) atoms. The highest BCUT2D eigenvalue weighted by molar-refractivity contribution is 9.10. The fraction of sp³-hybridized carbons (Fsp3) is 0.538. The molecular weight excluding hydrogens is 360 g/mol. The van der Waals surface area contributed by atoms with Crippen LogP contribution >= 0.6 is 27.7 Å². The van der Waals surface area contributed by atoms with E-state index in [1.165, 1.54) is 6.26 Å². The molecule has 2 N–H and O–H groups in total. The van der Waals surface area contributed by atoms with Crippen LogP contribution in [0.2, 0.25) is 0 Å². The lowest BCUT2D eigenvalue weighted by molar-refractivity contribution is 0.584. The third kappa shape index (κ3) is 3.69. The molecule has 1 aliphatic heterocycles. The van der Waals surface area contributed by atoms with Crippen molar-refractivity contribution in [1.82, 2.24) is 0 Å². The van der Waals surface area contributed by atoms with Crippen molar-refractivity contribution in [2.75, 3.05) is 35.8 Å². The highest BCUT2D eigenvalue weighted by Gasteiger charge is 2.32. The Morgan fingerprint density at radius 1 is 1.50 bits per heavy atom. The first-order valence-electron chi connectivity index (χ1n) is 6.45. The molecule has 1 heterocycles. The standard InChI is InChI=1S/C13H19BrN2O2S2/c1-20(17,18)13-9-19-7-6-16(13)12-3-2-11(14)8-10(12)4-5-15/h2-3,8,13H,4-7,9,15H2,1H3. The van der Waals surface area contributed by atoms with E-state index >= 15 is 0 Å². The summed E-state index contributed by atoms with van der Waals surface area (Å²) in [4.78, 5) is 2.02. The molecule has 0 bridgehead atoms. The number of halogens is 1. The Balaban J connectivity index is 2.42. The van der Waals surface area contributed by atoms with Gasteiger partial charge in [-0.15, -0.1) is 0 Å². The molecule has 0 aliphatic carbocycles.